The summed E-state index contributed by atoms with van der Waals surface area (Å²) in [6.07, 6.45) is 8.46. The van der Waals surface area contributed by atoms with Gasteiger partial charge in [-0.25, -0.2) is 0 Å². The molecule has 1 unspecified atom stereocenters. The highest BCUT2D eigenvalue weighted by Crippen LogP contribution is 2.28. The summed E-state index contributed by atoms with van der Waals surface area (Å²) in [4.78, 5) is 11.0. The lowest BCUT2D eigenvalue weighted by atomic mass is 9.97. The zero-order valence-corrected chi connectivity index (χ0v) is 7.39. The molecule has 0 radical (unpaired) electrons. The Morgan fingerprint density at radius 1 is 1.60 bits per heavy atom. The maximum Gasteiger partial charge on any atom is 0.150 e. The minimum Gasteiger partial charge on any atom is -0.298 e. The summed E-state index contributed by atoms with van der Waals surface area (Å²) >= 11 is 3.37. The second-order valence-corrected chi connectivity index (χ2v) is 3.83. The van der Waals surface area contributed by atoms with Gasteiger partial charge in [0.2, 0.25) is 0 Å². The van der Waals surface area contributed by atoms with Gasteiger partial charge in [0.1, 0.15) is 4.32 Å². The lowest BCUT2D eigenvalue weighted by Crippen LogP contribution is -2.27. The summed E-state index contributed by atoms with van der Waals surface area (Å²) in [6.45, 7) is 1.60. The molecule has 1 nitrogen and oxygen atoms in total. The van der Waals surface area contributed by atoms with Crippen molar-refractivity contribution in [2.24, 2.45) is 0 Å². The van der Waals surface area contributed by atoms with Crippen molar-refractivity contribution in [3.8, 4) is 0 Å². The Morgan fingerprint density at radius 2 is 2.30 bits per heavy atom. The van der Waals surface area contributed by atoms with Crippen LogP contribution in [0.4, 0.5) is 0 Å². The Labute approximate surface area is 68.9 Å². The van der Waals surface area contributed by atoms with Gasteiger partial charge in [0.25, 0.3) is 0 Å². The van der Waals surface area contributed by atoms with Crippen molar-refractivity contribution in [2.45, 2.75) is 17.7 Å². The molecular formula is C8H9BrO. The third kappa shape index (κ3) is 1.37. The van der Waals surface area contributed by atoms with E-state index >= 15 is 0 Å². The molecule has 0 aromatic carbocycles. The number of rotatable bonds is 1. The Hall–Kier alpha value is -0.370. The number of halogens is 1. The molecule has 0 bridgehead atoms. The molecule has 1 rings (SSSR count). The summed E-state index contributed by atoms with van der Waals surface area (Å²) < 4.78 is -0.415. The highest BCUT2D eigenvalue weighted by atomic mass is 79.9. The molecule has 2 heteroatoms. The quantitative estimate of drug-likeness (QED) is 0.594. The number of ketones is 1. The zero-order chi connectivity index (χ0) is 7.61. The average Bonchev–Trinajstić information content (AvgIpc) is 1.89. The first kappa shape index (κ1) is 7.73. The molecular weight excluding hydrogens is 192 g/mol. The number of carbonyl (C=O) groups is 1. The van der Waals surface area contributed by atoms with E-state index in [-0.39, 0.29) is 5.78 Å². The van der Waals surface area contributed by atoms with Crippen LogP contribution >= 0.6 is 15.9 Å². The van der Waals surface area contributed by atoms with E-state index in [9.17, 15) is 4.79 Å². The fourth-order valence-corrected chi connectivity index (χ4v) is 1.19. The maximum absolute atomic E-state index is 11.0. The van der Waals surface area contributed by atoms with Crippen LogP contribution in [0, 0.1) is 0 Å². The van der Waals surface area contributed by atoms with Crippen molar-refractivity contribution in [2.75, 3.05) is 0 Å². The number of Topliss-reactive ketones (excluding diaryl/α,β-unsaturated/α-hetero) is 1. The number of hydrogen-bond acceptors (Lipinski definition) is 1. The van der Waals surface area contributed by atoms with E-state index in [2.05, 4.69) is 15.9 Å². The highest BCUT2D eigenvalue weighted by molar-refractivity contribution is 9.10. The van der Waals surface area contributed by atoms with Crippen LogP contribution in [0.2, 0.25) is 0 Å². The SMILES string of the molecule is CC(=O)C1(Br)C=CC=CC1. The monoisotopic (exact) mass is 200 g/mol. The molecule has 54 valence electrons. The first-order valence-electron chi connectivity index (χ1n) is 3.19. The van der Waals surface area contributed by atoms with Crippen molar-refractivity contribution in [1.82, 2.24) is 0 Å². The molecule has 0 N–H and O–H groups in total. The van der Waals surface area contributed by atoms with Gasteiger partial charge < -0.3 is 0 Å². The van der Waals surface area contributed by atoms with Gasteiger partial charge in [-0.15, -0.1) is 0 Å². The van der Waals surface area contributed by atoms with Gasteiger partial charge in [0.15, 0.2) is 5.78 Å². The normalized spacial score (nSPS) is 30.6. The van der Waals surface area contributed by atoms with Crippen LogP contribution < -0.4 is 0 Å². The largest absolute Gasteiger partial charge is 0.298 e. The predicted molar refractivity (Wildman–Crippen MR) is 45.2 cm³/mol. The lowest BCUT2D eigenvalue weighted by Gasteiger charge is -2.19. The van der Waals surface area contributed by atoms with Gasteiger partial charge in [-0.3, -0.25) is 4.79 Å². The molecule has 1 atom stereocenters. The first-order valence-corrected chi connectivity index (χ1v) is 3.99. The van der Waals surface area contributed by atoms with Gasteiger partial charge in [-0.2, -0.15) is 0 Å². The standard InChI is InChI=1S/C8H9BrO/c1-7(10)8(9)5-3-2-4-6-8/h2-5H,6H2,1H3. The highest BCUT2D eigenvalue weighted by Gasteiger charge is 2.28. The van der Waals surface area contributed by atoms with E-state index in [0.29, 0.717) is 0 Å². The summed E-state index contributed by atoms with van der Waals surface area (Å²) in [7, 11) is 0. The van der Waals surface area contributed by atoms with Crippen LogP contribution in [0.1, 0.15) is 13.3 Å². The molecule has 0 amide bonds. The van der Waals surface area contributed by atoms with Crippen LogP contribution in [0.5, 0.6) is 0 Å². The van der Waals surface area contributed by atoms with E-state index in [1.165, 1.54) is 0 Å². The van der Waals surface area contributed by atoms with Gasteiger partial charge in [0.05, 0.1) is 0 Å². The van der Waals surface area contributed by atoms with Crippen LogP contribution in [-0.4, -0.2) is 10.1 Å². The minimum absolute atomic E-state index is 0.160. The van der Waals surface area contributed by atoms with Crippen molar-refractivity contribution >= 4 is 21.7 Å². The maximum atomic E-state index is 11.0. The fraction of sp³-hybridized carbons (Fsp3) is 0.375. The molecule has 0 saturated heterocycles. The van der Waals surface area contributed by atoms with Crippen LogP contribution in [-0.2, 0) is 4.79 Å². The van der Waals surface area contributed by atoms with Gasteiger partial charge in [0, 0.05) is 0 Å². The van der Waals surface area contributed by atoms with E-state index in [1.807, 2.05) is 24.3 Å². The third-order valence-electron chi connectivity index (χ3n) is 1.61. The molecule has 0 aliphatic heterocycles. The van der Waals surface area contributed by atoms with Crippen LogP contribution in [0.15, 0.2) is 24.3 Å². The Kier molecular flexibility index (Phi) is 2.09. The average molecular weight is 201 g/mol. The smallest absolute Gasteiger partial charge is 0.150 e. The second kappa shape index (κ2) is 2.70. The molecule has 1 aliphatic carbocycles. The van der Waals surface area contributed by atoms with Gasteiger partial charge in [-0.05, 0) is 13.3 Å². The predicted octanol–water partition coefficient (Wildman–Crippen LogP) is 2.23. The Balaban J connectivity index is 2.80. The molecule has 0 saturated carbocycles. The summed E-state index contributed by atoms with van der Waals surface area (Å²) in [6, 6.07) is 0. The molecule has 0 heterocycles. The zero-order valence-electron chi connectivity index (χ0n) is 5.80. The Bertz CT molecular complexity index is 205. The summed E-state index contributed by atoms with van der Waals surface area (Å²) in [5.74, 6) is 0.160. The molecule has 10 heavy (non-hydrogen) atoms. The van der Waals surface area contributed by atoms with Crippen LogP contribution in [0.25, 0.3) is 0 Å². The van der Waals surface area contributed by atoms with Crippen molar-refractivity contribution in [3.63, 3.8) is 0 Å². The second-order valence-electron chi connectivity index (χ2n) is 2.41. The van der Waals surface area contributed by atoms with E-state index in [1.54, 1.807) is 6.92 Å². The minimum atomic E-state index is -0.415. The molecule has 1 aliphatic rings. The fourth-order valence-electron chi connectivity index (χ4n) is 0.855. The van der Waals surface area contributed by atoms with Crippen LogP contribution in [0.3, 0.4) is 0 Å². The Morgan fingerprint density at radius 3 is 2.60 bits per heavy atom. The molecule has 0 spiro atoms. The third-order valence-corrected chi connectivity index (χ3v) is 2.75. The number of allylic oxidation sites excluding steroid dienone is 4. The number of alkyl halides is 1. The summed E-state index contributed by atoms with van der Waals surface area (Å²) in [5.41, 5.74) is 0. The molecule has 0 aromatic rings. The molecule has 0 fully saturated rings. The van der Waals surface area contributed by atoms with Gasteiger partial charge in [-0.1, -0.05) is 40.2 Å². The molecule has 0 aromatic heterocycles. The first-order chi connectivity index (χ1) is 4.65. The number of carbonyl (C=O) groups excluding carboxylic acids is 1. The van der Waals surface area contributed by atoms with E-state index < -0.39 is 4.32 Å². The van der Waals surface area contributed by atoms with Crippen molar-refractivity contribution < 1.29 is 4.79 Å². The number of hydrogen-bond donors (Lipinski definition) is 0. The van der Waals surface area contributed by atoms with Crippen molar-refractivity contribution in [3.05, 3.63) is 24.3 Å². The topological polar surface area (TPSA) is 17.1 Å². The van der Waals surface area contributed by atoms with Gasteiger partial charge >= 0.3 is 0 Å². The summed E-state index contributed by atoms with van der Waals surface area (Å²) in [5, 5.41) is 0. The van der Waals surface area contributed by atoms with Crippen molar-refractivity contribution in [1.29, 1.82) is 0 Å². The van der Waals surface area contributed by atoms with E-state index in [0.717, 1.165) is 6.42 Å². The lowest BCUT2D eigenvalue weighted by molar-refractivity contribution is -0.118. The van der Waals surface area contributed by atoms with E-state index in [4.69, 9.17) is 0 Å².